The number of benzene rings is 1. The topological polar surface area (TPSA) is 52.7 Å². The second kappa shape index (κ2) is 5.88. The first-order valence-corrected chi connectivity index (χ1v) is 9.03. The van der Waals surface area contributed by atoms with E-state index in [4.69, 9.17) is 0 Å². The van der Waals surface area contributed by atoms with E-state index in [0.29, 0.717) is 6.67 Å². The van der Waals surface area contributed by atoms with Crippen LogP contribution in [0.1, 0.15) is 43.7 Å². The molecular formula is C19H25N3O2. The van der Waals surface area contributed by atoms with E-state index in [1.165, 1.54) is 16.0 Å². The van der Waals surface area contributed by atoms with Crippen LogP contribution in [0.25, 0.3) is 0 Å². The number of nitrogens with one attached hydrogen (secondary N) is 1. The molecule has 128 valence electrons. The Hall–Kier alpha value is -1.88. The van der Waals surface area contributed by atoms with E-state index in [1.54, 1.807) is 0 Å². The van der Waals surface area contributed by atoms with E-state index in [0.717, 1.165) is 45.2 Å². The van der Waals surface area contributed by atoms with Crippen LogP contribution in [0.15, 0.2) is 24.3 Å². The van der Waals surface area contributed by atoms with Gasteiger partial charge in [-0.15, -0.1) is 0 Å². The predicted octanol–water partition coefficient (Wildman–Crippen LogP) is 2.50. The predicted molar refractivity (Wildman–Crippen MR) is 91.2 cm³/mol. The molecule has 24 heavy (non-hydrogen) atoms. The highest BCUT2D eigenvalue weighted by atomic mass is 16.2. The van der Waals surface area contributed by atoms with Gasteiger partial charge in [-0.25, -0.2) is 9.69 Å². The zero-order chi connectivity index (χ0) is 16.7. The van der Waals surface area contributed by atoms with E-state index in [2.05, 4.69) is 41.4 Å². The van der Waals surface area contributed by atoms with Crippen molar-refractivity contribution in [2.75, 3.05) is 13.2 Å². The summed E-state index contributed by atoms with van der Waals surface area (Å²) in [6.45, 7) is 4.18. The van der Waals surface area contributed by atoms with Crippen molar-refractivity contribution in [3.63, 3.8) is 0 Å². The van der Waals surface area contributed by atoms with Crippen LogP contribution in [-0.4, -0.2) is 40.5 Å². The highest BCUT2D eigenvalue weighted by molar-refractivity contribution is 6.07. The average molecular weight is 327 g/mol. The first-order valence-electron chi connectivity index (χ1n) is 9.03. The maximum absolute atomic E-state index is 13.0. The average Bonchev–Trinajstić information content (AvgIpc) is 2.83. The van der Waals surface area contributed by atoms with E-state index >= 15 is 0 Å². The zero-order valence-corrected chi connectivity index (χ0v) is 14.3. The van der Waals surface area contributed by atoms with E-state index in [1.807, 2.05) is 0 Å². The summed E-state index contributed by atoms with van der Waals surface area (Å²) in [4.78, 5) is 29.2. The molecule has 4 rings (SSSR count). The molecule has 0 bridgehead atoms. The van der Waals surface area contributed by atoms with Gasteiger partial charge in [0.25, 0.3) is 5.91 Å². The maximum Gasteiger partial charge on any atom is 0.326 e. The summed E-state index contributed by atoms with van der Waals surface area (Å²) in [6.07, 6.45) is 4.92. The van der Waals surface area contributed by atoms with Crippen LogP contribution >= 0.6 is 0 Å². The fourth-order valence-corrected chi connectivity index (χ4v) is 4.50. The van der Waals surface area contributed by atoms with Crippen LogP contribution in [-0.2, 0) is 17.8 Å². The second-order valence-corrected chi connectivity index (χ2v) is 7.49. The molecule has 1 aromatic rings. The molecule has 3 amide bonds. The normalized spacial score (nSPS) is 30.5. The minimum Gasteiger partial charge on any atom is -0.323 e. The number of amides is 3. The van der Waals surface area contributed by atoms with E-state index in [9.17, 15) is 9.59 Å². The van der Waals surface area contributed by atoms with Gasteiger partial charge in [0, 0.05) is 13.1 Å². The highest BCUT2D eigenvalue weighted by Gasteiger charge is 2.55. The lowest BCUT2D eigenvalue weighted by atomic mass is 9.73. The van der Waals surface area contributed by atoms with Gasteiger partial charge in [-0.05, 0) is 36.3 Å². The lowest BCUT2D eigenvalue weighted by Gasteiger charge is -2.37. The van der Waals surface area contributed by atoms with Gasteiger partial charge >= 0.3 is 6.03 Å². The zero-order valence-electron chi connectivity index (χ0n) is 14.3. The van der Waals surface area contributed by atoms with Crippen LogP contribution in [0.5, 0.6) is 0 Å². The monoisotopic (exact) mass is 327 g/mol. The largest absolute Gasteiger partial charge is 0.326 e. The summed E-state index contributed by atoms with van der Waals surface area (Å²) in [7, 11) is 0. The molecule has 2 aliphatic heterocycles. The Morgan fingerprint density at radius 3 is 2.79 bits per heavy atom. The Bertz CT molecular complexity index is 674. The van der Waals surface area contributed by atoms with E-state index in [-0.39, 0.29) is 17.9 Å². The molecule has 3 aliphatic rings. The third-order valence-electron chi connectivity index (χ3n) is 6.05. The number of nitrogens with zero attached hydrogens (tertiary/aromatic N) is 2. The molecule has 2 heterocycles. The molecule has 5 nitrogen and oxygen atoms in total. The fraction of sp³-hybridized carbons (Fsp3) is 0.579. The molecule has 0 unspecified atom stereocenters. The molecule has 1 saturated carbocycles. The molecule has 1 aliphatic carbocycles. The quantitative estimate of drug-likeness (QED) is 0.849. The van der Waals surface area contributed by atoms with Crippen molar-refractivity contribution in [3.05, 3.63) is 35.4 Å². The molecule has 0 aromatic heterocycles. The Kier molecular flexibility index (Phi) is 3.83. The van der Waals surface area contributed by atoms with Gasteiger partial charge in [-0.1, -0.05) is 44.0 Å². The smallest absolute Gasteiger partial charge is 0.323 e. The molecular weight excluding hydrogens is 302 g/mol. The summed E-state index contributed by atoms with van der Waals surface area (Å²) in [5, 5.41) is 3.04. The Balaban J connectivity index is 1.49. The maximum atomic E-state index is 13.0. The summed E-state index contributed by atoms with van der Waals surface area (Å²) >= 11 is 0. The first kappa shape index (κ1) is 15.6. The van der Waals surface area contributed by atoms with Crippen molar-refractivity contribution < 1.29 is 9.59 Å². The van der Waals surface area contributed by atoms with Crippen LogP contribution < -0.4 is 5.32 Å². The standard InChI is InChI=1S/C19H25N3O2/c1-14-6-4-5-10-19(14)17(23)22(18(24)20-19)13-21-11-9-15-7-2-3-8-16(15)12-21/h2-3,7-8,14H,4-6,9-13H2,1H3,(H,20,24)/t14-,19-/m0/s1. The Morgan fingerprint density at radius 1 is 1.21 bits per heavy atom. The van der Waals surface area contributed by atoms with Crippen LogP contribution in [0, 0.1) is 5.92 Å². The van der Waals surface area contributed by atoms with Gasteiger partial charge < -0.3 is 5.32 Å². The van der Waals surface area contributed by atoms with Gasteiger partial charge in [0.2, 0.25) is 0 Å². The van der Waals surface area contributed by atoms with E-state index < -0.39 is 5.54 Å². The number of rotatable bonds is 2. The highest BCUT2D eigenvalue weighted by Crippen LogP contribution is 2.38. The summed E-state index contributed by atoms with van der Waals surface area (Å²) in [5.41, 5.74) is 2.03. The molecule has 5 heteroatoms. The van der Waals surface area contributed by atoms with Crippen molar-refractivity contribution in [1.82, 2.24) is 15.1 Å². The first-order chi connectivity index (χ1) is 11.6. The summed E-state index contributed by atoms with van der Waals surface area (Å²) < 4.78 is 0. The van der Waals surface area contributed by atoms with Crippen LogP contribution in [0.3, 0.4) is 0 Å². The molecule has 0 radical (unpaired) electrons. The number of hydrogen-bond acceptors (Lipinski definition) is 3. The summed E-state index contributed by atoms with van der Waals surface area (Å²) in [6, 6.07) is 8.21. The van der Waals surface area contributed by atoms with Gasteiger partial charge in [0.15, 0.2) is 0 Å². The third-order valence-corrected chi connectivity index (χ3v) is 6.05. The molecule has 1 N–H and O–H groups in total. The van der Waals surface area contributed by atoms with Gasteiger partial charge in [0.1, 0.15) is 5.54 Å². The third kappa shape index (κ3) is 2.42. The lowest BCUT2D eigenvalue weighted by molar-refractivity contribution is -0.135. The lowest BCUT2D eigenvalue weighted by Crippen LogP contribution is -2.54. The molecule has 2 fully saturated rings. The summed E-state index contributed by atoms with van der Waals surface area (Å²) in [5.74, 6) is 0.202. The molecule has 1 aromatic carbocycles. The second-order valence-electron chi connectivity index (χ2n) is 7.49. The van der Waals surface area contributed by atoms with Gasteiger partial charge in [-0.2, -0.15) is 0 Å². The SMILES string of the molecule is C[C@H]1CCCC[C@]12NC(=O)N(CN1CCc3ccccc3C1)C2=O. The molecule has 1 spiro atoms. The number of urea groups is 1. The van der Waals surface area contributed by atoms with Crippen LogP contribution in [0.4, 0.5) is 4.79 Å². The van der Waals surface area contributed by atoms with Crippen molar-refractivity contribution in [3.8, 4) is 0 Å². The number of hydrogen-bond donors (Lipinski definition) is 1. The van der Waals surface area contributed by atoms with Crippen molar-refractivity contribution >= 4 is 11.9 Å². The Morgan fingerprint density at radius 2 is 2.00 bits per heavy atom. The van der Waals surface area contributed by atoms with Gasteiger partial charge in [0.05, 0.1) is 6.67 Å². The number of carbonyl (C=O) groups is 2. The number of imide groups is 1. The fourth-order valence-electron chi connectivity index (χ4n) is 4.50. The van der Waals surface area contributed by atoms with Gasteiger partial charge in [-0.3, -0.25) is 9.69 Å². The van der Waals surface area contributed by atoms with Crippen molar-refractivity contribution in [2.24, 2.45) is 5.92 Å². The minimum absolute atomic E-state index is 0.0152. The Labute approximate surface area is 143 Å². The minimum atomic E-state index is -0.650. The van der Waals surface area contributed by atoms with Crippen molar-refractivity contribution in [1.29, 1.82) is 0 Å². The number of fused-ring (bicyclic) bond motifs is 1. The van der Waals surface area contributed by atoms with Crippen molar-refractivity contribution in [2.45, 2.75) is 51.1 Å². The number of carbonyl (C=O) groups excluding carboxylic acids is 2. The molecule has 2 atom stereocenters. The van der Waals surface area contributed by atoms with Crippen LogP contribution in [0.2, 0.25) is 0 Å². The molecule has 1 saturated heterocycles.